The van der Waals surface area contributed by atoms with Crippen molar-refractivity contribution in [1.82, 2.24) is 0 Å². The minimum Gasteiger partial charge on any atom is -0.428 e. The minimum absolute atomic E-state index is 0.169. The van der Waals surface area contributed by atoms with Gasteiger partial charge in [-0.3, -0.25) is 0 Å². The molecule has 48 heavy (non-hydrogen) atoms. The SMILES string of the molecule is Cc1cc(C)cc(OC(F)(F)C(F)(F)C(F)(F)C(F)(F)C(F)(F)C(F)(F)C(F)(F)C(F)(F)C(F)(F)C(F)(F)Oc2cc(C)cc(C)c2)c1. The van der Waals surface area contributed by atoms with Crippen molar-refractivity contribution in [3.05, 3.63) is 58.7 Å². The van der Waals surface area contributed by atoms with Crippen LogP contribution in [0.25, 0.3) is 0 Å². The van der Waals surface area contributed by atoms with Crippen LogP contribution in [0.3, 0.4) is 0 Å². The highest BCUT2D eigenvalue weighted by Crippen LogP contribution is 2.66. The molecule has 0 atom stereocenters. The highest BCUT2D eigenvalue weighted by molar-refractivity contribution is 5.34. The summed E-state index contributed by atoms with van der Waals surface area (Å²) in [5, 5.41) is 0. The molecular weight excluding hydrogens is 724 g/mol. The third kappa shape index (κ3) is 5.93. The number of aryl methyl sites for hydroxylation is 4. The first-order chi connectivity index (χ1) is 21.0. The van der Waals surface area contributed by atoms with Crippen LogP contribution >= 0.6 is 0 Å². The lowest BCUT2D eigenvalue weighted by Gasteiger charge is -2.44. The van der Waals surface area contributed by atoms with Gasteiger partial charge in [-0.2, -0.15) is 87.8 Å². The number of hydrogen-bond donors (Lipinski definition) is 0. The van der Waals surface area contributed by atoms with Crippen LogP contribution in [0.4, 0.5) is 87.8 Å². The lowest BCUT2D eigenvalue weighted by atomic mass is 9.87. The maximum absolute atomic E-state index is 14.2. The average molecular weight is 742 g/mol. The molecule has 2 nitrogen and oxygen atoms in total. The largest absolute Gasteiger partial charge is 0.471 e. The molecule has 0 aliphatic carbocycles. The summed E-state index contributed by atoms with van der Waals surface area (Å²) in [4.78, 5) is 0. The molecule has 0 bridgehead atoms. The number of ether oxygens (including phenoxy) is 2. The van der Waals surface area contributed by atoms with Crippen molar-refractivity contribution in [1.29, 1.82) is 0 Å². The third-order valence-electron chi connectivity index (χ3n) is 6.37. The first-order valence-electron chi connectivity index (χ1n) is 12.3. The Morgan fingerprint density at radius 3 is 0.646 bits per heavy atom. The zero-order valence-electron chi connectivity index (χ0n) is 23.8. The van der Waals surface area contributed by atoms with Crippen LogP contribution in [0.1, 0.15) is 22.3 Å². The van der Waals surface area contributed by atoms with Crippen molar-refractivity contribution in [2.45, 2.75) is 87.3 Å². The molecule has 0 fully saturated rings. The Morgan fingerprint density at radius 1 is 0.292 bits per heavy atom. The van der Waals surface area contributed by atoms with E-state index in [9.17, 15) is 87.8 Å². The zero-order chi connectivity index (χ0) is 38.1. The fourth-order valence-corrected chi connectivity index (χ4v) is 3.96. The Bertz CT molecular complexity index is 1350. The molecule has 0 aliphatic rings. The number of alkyl halides is 20. The van der Waals surface area contributed by atoms with Gasteiger partial charge in [0.25, 0.3) is 0 Å². The van der Waals surface area contributed by atoms with E-state index in [4.69, 9.17) is 0 Å². The highest BCUT2D eigenvalue weighted by Gasteiger charge is 2.98. The van der Waals surface area contributed by atoms with Gasteiger partial charge in [-0.1, -0.05) is 12.1 Å². The van der Waals surface area contributed by atoms with Crippen molar-refractivity contribution in [3.63, 3.8) is 0 Å². The molecule has 0 aliphatic heterocycles. The van der Waals surface area contributed by atoms with Gasteiger partial charge >= 0.3 is 59.6 Å². The molecule has 0 spiro atoms. The van der Waals surface area contributed by atoms with Gasteiger partial charge in [0, 0.05) is 0 Å². The van der Waals surface area contributed by atoms with Crippen molar-refractivity contribution in [2.75, 3.05) is 0 Å². The summed E-state index contributed by atoms with van der Waals surface area (Å²) >= 11 is 0. The number of hydrogen-bond acceptors (Lipinski definition) is 2. The van der Waals surface area contributed by atoms with Crippen molar-refractivity contribution < 1.29 is 97.3 Å². The molecule has 22 heteroatoms. The van der Waals surface area contributed by atoms with Gasteiger partial charge in [-0.05, 0) is 74.2 Å². The van der Waals surface area contributed by atoms with Crippen LogP contribution in [0.5, 0.6) is 11.5 Å². The molecule has 0 amide bonds. The van der Waals surface area contributed by atoms with E-state index >= 15 is 0 Å². The van der Waals surface area contributed by atoms with E-state index in [2.05, 4.69) is 9.47 Å². The van der Waals surface area contributed by atoms with Crippen LogP contribution < -0.4 is 9.47 Å². The van der Waals surface area contributed by atoms with Gasteiger partial charge < -0.3 is 9.47 Å². The lowest BCUT2D eigenvalue weighted by Crippen LogP contribution is -2.77. The standard InChI is InChI=1S/C26H18F20O2/c1-11-5-12(2)8-15(7-11)47-25(43,44)23(39,40)21(35,36)19(31,32)17(27,28)18(29,30)20(33,34)22(37,38)24(41,42)26(45,46)48-16-9-13(3)6-14(4)10-16/h5-10H,1-4H3. The first-order valence-corrected chi connectivity index (χ1v) is 12.3. The summed E-state index contributed by atoms with van der Waals surface area (Å²) < 4.78 is 290. The number of rotatable bonds is 13. The predicted octanol–water partition coefficient (Wildman–Crippen LogP) is 10.6. The Kier molecular flexibility index (Phi) is 9.88. The molecule has 0 radical (unpaired) electrons. The minimum atomic E-state index is -9.14. The van der Waals surface area contributed by atoms with E-state index in [0.717, 1.165) is 39.8 Å². The second-order valence-electron chi connectivity index (χ2n) is 10.5. The fourth-order valence-electron chi connectivity index (χ4n) is 3.96. The molecule has 0 aromatic heterocycles. The topological polar surface area (TPSA) is 18.5 Å². The van der Waals surface area contributed by atoms with E-state index in [1.165, 1.54) is 0 Å². The monoisotopic (exact) mass is 742 g/mol. The van der Waals surface area contributed by atoms with Crippen LogP contribution in [0.2, 0.25) is 0 Å². The van der Waals surface area contributed by atoms with Gasteiger partial charge in [0.05, 0.1) is 0 Å². The van der Waals surface area contributed by atoms with Crippen molar-refractivity contribution in [2.24, 2.45) is 0 Å². The molecule has 0 saturated carbocycles. The van der Waals surface area contributed by atoms with Crippen molar-refractivity contribution >= 4 is 0 Å². The maximum Gasteiger partial charge on any atom is 0.471 e. The fraction of sp³-hybridized carbons (Fsp3) is 0.538. The summed E-state index contributed by atoms with van der Waals surface area (Å²) in [6, 6.07) is 3.58. The summed E-state index contributed by atoms with van der Waals surface area (Å²) in [6.45, 7) is 4.14. The predicted molar refractivity (Wildman–Crippen MR) is 123 cm³/mol. The molecule has 2 aromatic carbocycles. The smallest absolute Gasteiger partial charge is 0.428 e. The van der Waals surface area contributed by atoms with Gasteiger partial charge in [0.1, 0.15) is 11.5 Å². The molecule has 2 aromatic rings. The van der Waals surface area contributed by atoms with E-state index in [1.807, 2.05) is 0 Å². The van der Waals surface area contributed by atoms with Crippen LogP contribution in [-0.2, 0) is 0 Å². The Balaban J connectivity index is 2.63. The maximum atomic E-state index is 14.2. The quantitative estimate of drug-likeness (QED) is 0.190. The van der Waals surface area contributed by atoms with E-state index in [-0.39, 0.29) is 22.3 Å². The van der Waals surface area contributed by atoms with Gasteiger partial charge in [-0.15, -0.1) is 0 Å². The number of halogens is 20. The van der Waals surface area contributed by atoms with E-state index in [1.54, 1.807) is 0 Å². The van der Waals surface area contributed by atoms with Crippen LogP contribution in [0, 0.1) is 27.7 Å². The van der Waals surface area contributed by atoms with Gasteiger partial charge in [0.15, 0.2) is 0 Å². The van der Waals surface area contributed by atoms with Crippen LogP contribution in [0.15, 0.2) is 36.4 Å². The summed E-state index contributed by atoms with van der Waals surface area (Å²) in [7, 11) is 0. The zero-order valence-corrected chi connectivity index (χ0v) is 23.8. The lowest BCUT2D eigenvalue weighted by molar-refractivity contribution is -0.482. The van der Waals surface area contributed by atoms with Crippen LogP contribution in [-0.4, -0.2) is 59.6 Å². The summed E-state index contributed by atoms with van der Waals surface area (Å²) in [6.07, 6.45) is -14.3. The second kappa shape index (κ2) is 11.6. The molecule has 274 valence electrons. The van der Waals surface area contributed by atoms with Gasteiger partial charge in [0.2, 0.25) is 0 Å². The molecular formula is C26H18F20O2. The average Bonchev–Trinajstić information content (AvgIpc) is 2.85. The van der Waals surface area contributed by atoms with Gasteiger partial charge in [-0.25, -0.2) is 0 Å². The summed E-state index contributed by atoms with van der Waals surface area (Å²) in [5.41, 5.74) is -0.677. The Hall–Kier alpha value is -3.36. The summed E-state index contributed by atoms with van der Waals surface area (Å²) in [5.74, 6) is -73.1. The molecule has 0 unspecified atom stereocenters. The Morgan fingerprint density at radius 2 is 0.458 bits per heavy atom. The molecule has 0 saturated heterocycles. The Labute approximate surface area is 255 Å². The molecule has 0 heterocycles. The highest BCUT2D eigenvalue weighted by atomic mass is 19.4. The molecule has 2 rings (SSSR count). The van der Waals surface area contributed by atoms with E-state index < -0.39 is 71.1 Å². The molecule has 0 N–H and O–H groups in total. The third-order valence-corrected chi connectivity index (χ3v) is 6.37. The number of benzene rings is 2. The second-order valence-corrected chi connectivity index (χ2v) is 10.5. The first kappa shape index (κ1) is 40.8. The van der Waals surface area contributed by atoms with E-state index in [0.29, 0.717) is 24.3 Å². The van der Waals surface area contributed by atoms with Crippen molar-refractivity contribution in [3.8, 4) is 11.5 Å². The normalized spacial score (nSPS) is 15.1.